The summed E-state index contributed by atoms with van der Waals surface area (Å²) in [6.07, 6.45) is 1.38. The minimum atomic E-state index is -0.110. The summed E-state index contributed by atoms with van der Waals surface area (Å²) in [4.78, 5) is 27.9. The van der Waals surface area contributed by atoms with Crippen LogP contribution in [-0.4, -0.2) is 37.2 Å². The van der Waals surface area contributed by atoms with E-state index in [4.69, 9.17) is 0 Å². The second kappa shape index (κ2) is 7.51. The number of fused-ring (bicyclic) bond motifs is 2. The zero-order valence-electron chi connectivity index (χ0n) is 15.7. The molecular formula is C19H20N6O2S. The first kappa shape index (κ1) is 18.3. The summed E-state index contributed by atoms with van der Waals surface area (Å²) < 4.78 is 1.69. The van der Waals surface area contributed by atoms with Gasteiger partial charge in [-0.15, -0.1) is 10.2 Å². The average molecular weight is 396 g/mol. The van der Waals surface area contributed by atoms with Gasteiger partial charge in [0.15, 0.2) is 5.82 Å². The van der Waals surface area contributed by atoms with Crippen LogP contribution in [0.15, 0.2) is 29.1 Å². The number of hydrogen-bond donors (Lipinski definition) is 2. The number of amides is 1. The molecule has 28 heavy (non-hydrogen) atoms. The SMILES string of the molecule is Cc1ccc2[nH]c(=O)c(CCNC(=O)CCc3nn4c(C)nnc4s3)cc2c1. The fourth-order valence-corrected chi connectivity index (χ4v) is 3.94. The van der Waals surface area contributed by atoms with E-state index in [0.29, 0.717) is 31.4 Å². The number of carbonyl (C=O) groups is 1. The van der Waals surface area contributed by atoms with Gasteiger partial charge in [0.1, 0.15) is 5.01 Å². The van der Waals surface area contributed by atoms with Crippen LogP contribution in [0, 0.1) is 13.8 Å². The van der Waals surface area contributed by atoms with E-state index in [9.17, 15) is 9.59 Å². The van der Waals surface area contributed by atoms with Crippen LogP contribution in [0.4, 0.5) is 0 Å². The molecule has 1 aromatic carbocycles. The van der Waals surface area contributed by atoms with Crippen LogP contribution in [0.25, 0.3) is 15.9 Å². The molecule has 144 valence electrons. The summed E-state index contributed by atoms with van der Waals surface area (Å²) in [6.45, 7) is 4.28. The molecule has 0 aliphatic heterocycles. The topological polar surface area (TPSA) is 105 Å². The third-order valence-corrected chi connectivity index (χ3v) is 5.51. The van der Waals surface area contributed by atoms with Crippen molar-refractivity contribution in [3.63, 3.8) is 0 Å². The molecule has 4 aromatic rings. The Hall–Kier alpha value is -3.07. The van der Waals surface area contributed by atoms with Crippen LogP contribution in [0.1, 0.15) is 28.4 Å². The second-order valence-corrected chi connectivity index (χ2v) is 7.79. The van der Waals surface area contributed by atoms with Crippen molar-refractivity contribution in [2.75, 3.05) is 6.54 Å². The van der Waals surface area contributed by atoms with Crippen molar-refractivity contribution < 1.29 is 4.79 Å². The summed E-state index contributed by atoms with van der Waals surface area (Å²) in [5.41, 5.74) is 2.52. The molecule has 0 unspecified atom stereocenters. The van der Waals surface area contributed by atoms with Gasteiger partial charge in [0.2, 0.25) is 10.9 Å². The minimum absolute atomic E-state index is 0.0595. The highest BCUT2D eigenvalue weighted by Gasteiger charge is 2.11. The van der Waals surface area contributed by atoms with Gasteiger partial charge < -0.3 is 10.3 Å². The lowest BCUT2D eigenvalue weighted by Gasteiger charge is -2.06. The maximum atomic E-state index is 12.2. The Labute approximate surface area is 164 Å². The van der Waals surface area contributed by atoms with Gasteiger partial charge in [-0.2, -0.15) is 9.61 Å². The predicted molar refractivity (Wildman–Crippen MR) is 108 cm³/mol. The van der Waals surface area contributed by atoms with Crippen molar-refractivity contribution >= 4 is 33.1 Å². The number of aryl methyl sites for hydroxylation is 3. The molecule has 8 nitrogen and oxygen atoms in total. The Balaban J connectivity index is 1.31. The number of aromatic amines is 1. The number of nitrogens with one attached hydrogen (secondary N) is 2. The smallest absolute Gasteiger partial charge is 0.251 e. The maximum absolute atomic E-state index is 12.2. The predicted octanol–water partition coefficient (Wildman–Crippen LogP) is 1.94. The first-order valence-electron chi connectivity index (χ1n) is 9.06. The number of H-pyrrole nitrogens is 1. The van der Waals surface area contributed by atoms with Crippen molar-refractivity contribution in [2.45, 2.75) is 33.1 Å². The molecular weight excluding hydrogens is 376 g/mol. The molecule has 1 amide bonds. The number of rotatable bonds is 6. The van der Waals surface area contributed by atoms with Crippen molar-refractivity contribution in [1.29, 1.82) is 0 Å². The lowest BCUT2D eigenvalue weighted by molar-refractivity contribution is -0.121. The van der Waals surface area contributed by atoms with Gasteiger partial charge in [-0.1, -0.05) is 23.0 Å². The first-order chi connectivity index (χ1) is 13.5. The Morgan fingerprint density at radius 2 is 2.07 bits per heavy atom. The molecule has 0 fully saturated rings. The molecule has 3 aromatic heterocycles. The van der Waals surface area contributed by atoms with E-state index in [0.717, 1.165) is 32.3 Å². The normalized spacial score (nSPS) is 11.4. The van der Waals surface area contributed by atoms with Crippen LogP contribution in [-0.2, 0) is 17.6 Å². The Kier molecular flexibility index (Phi) is 4.91. The van der Waals surface area contributed by atoms with E-state index in [-0.39, 0.29) is 11.5 Å². The molecule has 0 atom stereocenters. The fraction of sp³-hybridized carbons (Fsp3) is 0.316. The molecule has 3 heterocycles. The molecule has 0 radical (unpaired) electrons. The van der Waals surface area contributed by atoms with Crippen molar-refractivity contribution in [1.82, 2.24) is 30.1 Å². The molecule has 0 aliphatic rings. The quantitative estimate of drug-likeness (QED) is 0.518. The highest BCUT2D eigenvalue weighted by molar-refractivity contribution is 7.16. The molecule has 9 heteroatoms. The molecule has 0 saturated carbocycles. The number of benzene rings is 1. The highest BCUT2D eigenvalue weighted by Crippen LogP contribution is 2.15. The second-order valence-electron chi connectivity index (χ2n) is 6.75. The van der Waals surface area contributed by atoms with Crippen LogP contribution < -0.4 is 10.9 Å². The average Bonchev–Trinajstić information content (AvgIpc) is 3.22. The van der Waals surface area contributed by atoms with Crippen LogP contribution in [0.2, 0.25) is 0 Å². The highest BCUT2D eigenvalue weighted by atomic mass is 32.1. The Bertz CT molecular complexity index is 1220. The minimum Gasteiger partial charge on any atom is -0.356 e. The monoisotopic (exact) mass is 396 g/mol. The van der Waals surface area contributed by atoms with Gasteiger partial charge in [0.05, 0.1) is 0 Å². The standard InChI is InChI=1S/C19H20N6O2S/c1-11-3-4-15-14(9-11)10-13(18(27)21-15)7-8-20-16(26)5-6-17-24-25-12(2)22-23-19(25)28-17/h3-4,9-10H,5-8H2,1-2H3,(H,20,26)(H,21,27). The van der Waals surface area contributed by atoms with Gasteiger partial charge in [0, 0.05) is 30.5 Å². The zero-order valence-corrected chi connectivity index (χ0v) is 16.5. The summed E-state index contributed by atoms with van der Waals surface area (Å²) in [5.74, 6) is 0.675. The molecule has 0 saturated heterocycles. The number of aromatic nitrogens is 5. The molecule has 0 aliphatic carbocycles. The van der Waals surface area contributed by atoms with Crippen molar-refractivity contribution in [3.8, 4) is 0 Å². The van der Waals surface area contributed by atoms with E-state index >= 15 is 0 Å². The molecule has 0 spiro atoms. The summed E-state index contributed by atoms with van der Waals surface area (Å²) in [5, 5.41) is 17.1. The van der Waals surface area contributed by atoms with Crippen molar-refractivity contribution in [2.24, 2.45) is 0 Å². The zero-order chi connectivity index (χ0) is 19.7. The van der Waals surface area contributed by atoms with Crippen LogP contribution in [0.3, 0.4) is 0 Å². The third kappa shape index (κ3) is 3.79. The van der Waals surface area contributed by atoms with E-state index < -0.39 is 0 Å². The van der Waals surface area contributed by atoms with E-state index in [2.05, 4.69) is 25.6 Å². The van der Waals surface area contributed by atoms with Gasteiger partial charge in [-0.3, -0.25) is 9.59 Å². The largest absolute Gasteiger partial charge is 0.356 e. The van der Waals surface area contributed by atoms with Crippen molar-refractivity contribution in [3.05, 3.63) is 56.6 Å². The number of pyridine rings is 1. The summed E-state index contributed by atoms with van der Waals surface area (Å²) in [6, 6.07) is 7.81. The van der Waals surface area contributed by atoms with Crippen LogP contribution in [0.5, 0.6) is 0 Å². The third-order valence-electron chi connectivity index (χ3n) is 4.55. The number of carbonyl (C=O) groups excluding carboxylic acids is 1. The van der Waals surface area contributed by atoms with Gasteiger partial charge >= 0.3 is 0 Å². The van der Waals surface area contributed by atoms with E-state index in [1.54, 1.807) is 4.52 Å². The first-order valence-corrected chi connectivity index (χ1v) is 9.88. The van der Waals surface area contributed by atoms with Gasteiger partial charge in [0.25, 0.3) is 5.56 Å². The fourth-order valence-electron chi connectivity index (χ4n) is 3.06. The Morgan fingerprint density at radius 3 is 2.89 bits per heavy atom. The van der Waals surface area contributed by atoms with Crippen LogP contribution >= 0.6 is 11.3 Å². The number of nitrogens with zero attached hydrogens (tertiary/aromatic N) is 4. The summed E-state index contributed by atoms with van der Waals surface area (Å²) >= 11 is 1.44. The maximum Gasteiger partial charge on any atom is 0.251 e. The molecule has 4 rings (SSSR count). The molecule has 2 N–H and O–H groups in total. The lowest BCUT2D eigenvalue weighted by atomic mass is 10.1. The van der Waals surface area contributed by atoms with E-state index in [1.165, 1.54) is 11.3 Å². The Morgan fingerprint density at radius 1 is 1.21 bits per heavy atom. The molecule has 0 bridgehead atoms. The lowest BCUT2D eigenvalue weighted by Crippen LogP contribution is -2.27. The number of hydrogen-bond acceptors (Lipinski definition) is 6. The van der Waals surface area contributed by atoms with Gasteiger partial charge in [-0.25, -0.2) is 0 Å². The van der Waals surface area contributed by atoms with Gasteiger partial charge in [-0.05, 0) is 43.9 Å². The van der Waals surface area contributed by atoms with E-state index in [1.807, 2.05) is 38.1 Å². The summed E-state index contributed by atoms with van der Waals surface area (Å²) in [7, 11) is 0.